The normalized spacial score (nSPS) is 20.8. The molecule has 2 fully saturated rings. The Bertz CT molecular complexity index is 781. The number of halogens is 1. The van der Waals surface area contributed by atoms with Crippen molar-refractivity contribution in [3.63, 3.8) is 0 Å². The average Bonchev–Trinajstić information content (AvgIpc) is 3.24. The molecule has 1 atom stereocenters. The van der Waals surface area contributed by atoms with Crippen LogP contribution in [0.5, 0.6) is 0 Å². The minimum Gasteiger partial charge on any atom is -0.341 e. The molecule has 2 aromatic rings. The third-order valence-corrected chi connectivity index (χ3v) is 5.48. The summed E-state index contributed by atoms with van der Waals surface area (Å²) < 4.78 is 13.1. The summed E-state index contributed by atoms with van der Waals surface area (Å²) in [6.45, 7) is 2.41. The summed E-state index contributed by atoms with van der Waals surface area (Å²) in [5, 5.41) is 0. The van der Waals surface area contributed by atoms with Crippen molar-refractivity contribution in [2.24, 2.45) is 0 Å². The predicted octanol–water partition coefficient (Wildman–Crippen LogP) is 2.38. The maximum absolute atomic E-state index is 13.1. The Balaban J connectivity index is 1.37. The molecule has 4 rings (SSSR count). The van der Waals surface area contributed by atoms with Crippen molar-refractivity contribution >= 4 is 5.91 Å². The van der Waals surface area contributed by atoms with Gasteiger partial charge in [-0.3, -0.25) is 15.2 Å². The number of nitrogens with zero attached hydrogens (tertiary/aromatic N) is 2. The van der Waals surface area contributed by atoms with Gasteiger partial charge in [-0.25, -0.2) is 9.82 Å². The lowest BCUT2D eigenvalue weighted by molar-refractivity contribution is -0.134. The van der Waals surface area contributed by atoms with E-state index in [1.165, 1.54) is 12.1 Å². The van der Waals surface area contributed by atoms with E-state index in [2.05, 4.69) is 16.9 Å². The zero-order valence-corrected chi connectivity index (χ0v) is 15.3. The van der Waals surface area contributed by atoms with Crippen LogP contribution in [0.2, 0.25) is 0 Å². The minimum atomic E-state index is -0.217. The maximum Gasteiger partial charge on any atom is 0.241 e. The number of nitrogens with one attached hydrogen (secondary N) is 2. The van der Waals surface area contributed by atoms with Crippen LogP contribution in [0.1, 0.15) is 42.1 Å². The molecular formula is C21H25FN4O. The van der Waals surface area contributed by atoms with Gasteiger partial charge in [0.25, 0.3) is 0 Å². The summed E-state index contributed by atoms with van der Waals surface area (Å²) >= 11 is 0. The van der Waals surface area contributed by atoms with Gasteiger partial charge in [-0.2, -0.15) is 0 Å². The summed E-state index contributed by atoms with van der Waals surface area (Å²) in [6, 6.07) is 12.6. The second-order valence-corrected chi connectivity index (χ2v) is 7.37. The quantitative estimate of drug-likeness (QED) is 0.870. The molecule has 1 amide bonds. The molecule has 0 aliphatic carbocycles. The molecule has 2 saturated heterocycles. The molecule has 2 aliphatic heterocycles. The van der Waals surface area contributed by atoms with Crippen molar-refractivity contribution in [3.8, 4) is 0 Å². The first-order chi connectivity index (χ1) is 13.2. The lowest BCUT2D eigenvalue weighted by Crippen LogP contribution is -2.48. The van der Waals surface area contributed by atoms with Crippen LogP contribution in [0.25, 0.3) is 0 Å². The number of likely N-dealkylation sites (tertiary alicyclic amines) is 1. The van der Waals surface area contributed by atoms with E-state index in [1.54, 1.807) is 12.1 Å². The SMILES string of the molecule is O=C(C1CCNN1)N1CCC(c2cccc(Cc3ccc(F)cc3)n2)CC1. The zero-order valence-electron chi connectivity index (χ0n) is 15.3. The van der Waals surface area contributed by atoms with Crippen molar-refractivity contribution < 1.29 is 9.18 Å². The standard InChI is InChI=1S/C21H25FN4O/c22-17-6-4-15(5-7-17)14-18-2-1-3-19(24-18)16-9-12-26(13-10-16)21(27)20-8-11-23-25-20/h1-7,16,20,23,25H,8-14H2. The zero-order chi connectivity index (χ0) is 18.6. The van der Waals surface area contributed by atoms with Gasteiger partial charge in [-0.15, -0.1) is 0 Å². The third kappa shape index (κ3) is 4.34. The molecule has 5 nitrogen and oxygen atoms in total. The fourth-order valence-corrected chi connectivity index (χ4v) is 3.92. The highest BCUT2D eigenvalue weighted by Crippen LogP contribution is 2.27. The van der Waals surface area contributed by atoms with Crippen LogP contribution in [-0.2, 0) is 11.2 Å². The van der Waals surface area contributed by atoms with Crippen LogP contribution in [0.4, 0.5) is 4.39 Å². The van der Waals surface area contributed by atoms with E-state index in [0.717, 1.165) is 55.8 Å². The number of rotatable bonds is 4. The van der Waals surface area contributed by atoms with Crippen molar-refractivity contribution in [1.82, 2.24) is 20.7 Å². The van der Waals surface area contributed by atoms with Gasteiger partial charge >= 0.3 is 0 Å². The summed E-state index contributed by atoms with van der Waals surface area (Å²) in [6.07, 6.45) is 3.44. The molecule has 0 bridgehead atoms. The average molecular weight is 368 g/mol. The third-order valence-electron chi connectivity index (χ3n) is 5.48. The van der Waals surface area contributed by atoms with Crippen LogP contribution in [0.15, 0.2) is 42.5 Å². The van der Waals surface area contributed by atoms with Crippen LogP contribution in [0.3, 0.4) is 0 Å². The summed E-state index contributed by atoms with van der Waals surface area (Å²) in [5.41, 5.74) is 9.23. The first kappa shape index (κ1) is 18.1. The van der Waals surface area contributed by atoms with Crippen LogP contribution in [0, 0.1) is 5.82 Å². The predicted molar refractivity (Wildman–Crippen MR) is 102 cm³/mol. The Morgan fingerprint density at radius 3 is 2.59 bits per heavy atom. The highest BCUT2D eigenvalue weighted by atomic mass is 19.1. The molecule has 1 aromatic heterocycles. The fourth-order valence-electron chi connectivity index (χ4n) is 3.92. The second kappa shape index (κ2) is 8.15. The lowest BCUT2D eigenvalue weighted by atomic mass is 9.92. The topological polar surface area (TPSA) is 57.3 Å². The molecule has 2 N–H and O–H groups in total. The highest BCUT2D eigenvalue weighted by molar-refractivity contribution is 5.82. The molecule has 0 radical (unpaired) electrons. The van der Waals surface area contributed by atoms with E-state index in [4.69, 9.17) is 4.98 Å². The largest absolute Gasteiger partial charge is 0.341 e. The van der Waals surface area contributed by atoms with Gasteiger partial charge in [0.05, 0.1) is 0 Å². The molecule has 3 heterocycles. The van der Waals surface area contributed by atoms with Gasteiger partial charge in [0, 0.05) is 43.4 Å². The van der Waals surface area contributed by atoms with Gasteiger partial charge in [0.1, 0.15) is 11.9 Å². The molecule has 0 saturated carbocycles. The molecular weight excluding hydrogens is 343 g/mol. The van der Waals surface area contributed by atoms with E-state index < -0.39 is 0 Å². The first-order valence-corrected chi connectivity index (χ1v) is 9.66. The molecule has 27 heavy (non-hydrogen) atoms. The fraction of sp³-hybridized carbons (Fsp3) is 0.429. The van der Waals surface area contributed by atoms with Gasteiger partial charge in [0.15, 0.2) is 0 Å². The number of carbonyl (C=O) groups excluding carboxylic acids is 1. The molecule has 2 aliphatic rings. The van der Waals surface area contributed by atoms with E-state index in [1.807, 2.05) is 17.0 Å². The highest BCUT2D eigenvalue weighted by Gasteiger charge is 2.30. The first-order valence-electron chi connectivity index (χ1n) is 9.66. The monoisotopic (exact) mass is 368 g/mol. The van der Waals surface area contributed by atoms with E-state index in [-0.39, 0.29) is 17.8 Å². The summed E-state index contributed by atoms with van der Waals surface area (Å²) in [4.78, 5) is 19.3. The molecule has 1 unspecified atom stereocenters. The number of carbonyl (C=O) groups is 1. The molecule has 1 aromatic carbocycles. The van der Waals surface area contributed by atoms with E-state index in [9.17, 15) is 9.18 Å². The Labute approximate surface area is 159 Å². The number of benzene rings is 1. The number of hydrogen-bond acceptors (Lipinski definition) is 4. The van der Waals surface area contributed by atoms with E-state index >= 15 is 0 Å². The molecule has 0 spiro atoms. The Hall–Kier alpha value is -2.31. The number of hydrazine groups is 1. The number of hydrogen-bond donors (Lipinski definition) is 2. The van der Waals surface area contributed by atoms with Crippen LogP contribution >= 0.6 is 0 Å². The lowest BCUT2D eigenvalue weighted by Gasteiger charge is -2.33. The summed E-state index contributed by atoms with van der Waals surface area (Å²) in [5.74, 6) is 0.374. The van der Waals surface area contributed by atoms with Gasteiger partial charge < -0.3 is 4.90 Å². The maximum atomic E-state index is 13.1. The van der Waals surface area contributed by atoms with E-state index in [0.29, 0.717) is 12.3 Å². The van der Waals surface area contributed by atoms with Crippen molar-refractivity contribution in [2.45, 2.75) is 37.6 Å². The minimum absolute atomic E-state index is 0.0845. The van der Waals surface area contributed by atoms with Crippen molar-refractivity contribution in [1.29, 1.82) is 0 Å². The summed E-state index contributed by atoms with van der Waals surface area (Å²) in [7, 11) is 0. The van der Waals surface area contributed by atoms with Crippen molar-refractivity contribution in [3.05, 3.63) is 65.2 Å². The number of pyridine rings is 1. The van der Waals surface area contributed by atoms with Crippen molar-refractivity contribution in [2.75, 3.05) is 19.6 Å². The number of amides is 1. The second-order valence-electron chi connectivity index (χ2n) is 7.37. The number of piperidine rings is 1. The smallest absolute Gasteiger partial charge is 0.241 e. The Morgan fingerprint density at radius 2 is 1.89 bits per heavy atom. The van der Waals surface area contributed by atoms with Gasteiger partial charge in [0.2, 0.25) is 5.91 Å². The Kier molecular flexibility index (Phi) is 5.45. The van der Waals surface area contributed by atoms with Gasteiger partial charge in [-0.1, -0.05) is 18.2 Å². The van der Waals surface area contributed by atoms with Gasteiger partial charge in [-0.05, 0) is 49.1 Å². The molecule has 142 valence electrons. The van der Waals surface area contributed by atoms with Crippen LogP contribution < -0.4 is 10.9 Å². The van der Waals surface area contributed by atoms with Crippen LogP contribution in [-0.4, -0.2) is 41.5 Å². The Morgan fingerprint density at radius 1 is 1.11 bits per heavy atom. The molecule has 6 heteroatoms. The number of aromatic nitrogens is 1.